The van der Waals surface area contributed by atoms with E-state index in [9.17, 15) is 9.59 Å². The molecule has 0 radical (unpaired) electrons. The van der Waals surface area contributed by atoms with Crippen LogP contribution in [0.1, 0.15) is 22.8 Å². The zero-order valence-corrected chi connectivity index (χ0v) is 16.7. The number of aliphatic imine (C=N–C) groups is 1. The van der Waals surface area contributed by atoms with Gasteiger partial charge in [0.1, 0.15) is 5.75 Å². The third-order valence-corrected chi connectivity index (χ3v) is 5.12. The molecule has 1 aliphatic heterocycles. The predicted molar refractivity (Wildman–Crippen MR) is 111 cm³/mol. The van der Waals surface area contributed by atoms with Gasteiger partial charge in [0.25, 0.3) is 5.91 Å². The summed E-state index contributed by atoms with van der Waals surface area (Å²) in [6, 6.07) is 14.3. The van der Waals surface area contributed by atoms with Crippen molar-refractivity contribution in [1.29, 1.82) is 0 Å². The lowest BCUT2D eigenvalue weighted by Gasteiger charge is -2.12. The van der Waals surface area contributed by atoms with Crippen molar-refractivity contribution < 1.29 is 19.1 Å². The lowest BCUT2D eigenvalue weighted by molar-refractivity contribution is -0.122. The summed E-state index contributed by atoms with van der Waals surface area (Å²) in [5.41, 5.74) is 1.99. The second-order valence-corrected chi connectivity index (χ2v) is 6.88. The topological polar surface area (TPSA) is 68.2 Å². The number of likely N-dealkylation sites (N-methyl/N-ethyl adjacent to an activating group) is 1. The SMILES string of the molecule is CCN1C(=O)/C(=C/c2cccc(OC)c2)SC1=Nc1ccc(C(=O)OC)cc1. The number of benzene rings is 2. The average Bonchev–Trinajstić information content (AvgIpc) is 3.02. The van der Waals surface area contributed by atoms with Crippen molar-refractivity contribution in [3.8, 4) is 5.75 Å². The molecule has 0 bridgehead atoms. The van der Waals surface area contributed by atoms with Crippen LogP contribution in [0.5, 0.6) is 5.75 Å². The lowest BCUT2D eigenvalue weighted by Crippen LogP contribution is -2.28. The third kappa shape index (κ3) is 4.26. The van der Waals surface area contributed by atoms with Crippen LogP contribution in [0.15, 0.2) is 58.4 Å². The Hall–Kier alpha value is -3.06. The van der Waals surface area contributed by atoms with Crippen LogP contribution in [-0.4, -0.2) is 42.7 Å². The first-order valence-electron chi connectivity index (χ1n) is 8.68. The molecule has 1 fully saturated rings. The normalized spacial score (nSPS) is 16.7. The molecule has 2 aromatic rings. The Kier molecular flexibility index (Phi) is 6.16. The summed E-state index contributed by atoms with van der Waals surface area (Å²) in [6.45, 7) is 2.42. The number of esters is 1. The van der Waals surface area contributed by atoms with E-state index in [1.54, 1.807) is 36.3 Å². The molecular formula is C21H20N2O4S. The van der Waals surface area contributed by atoms with Gasteiger partial charge in [-0.1, -0.05) is 12.1 Å². The molecular weight excluding hydrogens is 376 g/mol. The zero-order chi connectivity index (χ0) is 20.1. The highest BCUT2D eigenvalue weighted by molar-refractivity contribution is 8.18. The quantitative estimate of drug-likeness (QED) is 0.562. The molecule has 0 N–H and O–H groups in total. The highest BCUT2D eigenvalue weighted by Gasteiger charge is 2.32. The molecule has 0 spiro atoms. The van der Waals surface area contributed by atoms with Crippen LogP contribution in [0.25, 0.3) is 6.08 Å². The number of carbonyl (C=O) groups excluding carboxylic acids is 2. The molecule has 7 heteroatoms. The van der Waals surface area contributed by atoms with E-state index in [-0.39, 0.29) is 5.91 Å². The molecule has 1 aliphatic rings. The van der Waals surface area contributed by atoms with Crippen LogP contribution in [0.4, 0.5) is 5.69 Å². The first-order valence-corrected chi connectivity index (χ1v) is 9.50. The molecule has 0 saturated carbocycles. The number of carbonyl (C=O) groups is 2. The molecule has 6 nitrogen and oxygen atoms in total. The Morgan fingerprint density at radius 1 is 1.18 bits per heavy atom. The van der Waals surface area contributed by atoms with Crippen LogP contribution < -0.4 is 4.74 Å². The average molecular weight is 396 g/mol. The summed E-state index contributed by atoms with van der Waals surface area (Å²) in [5, 5.41) is 0.604. The first kappa shape index (κ1) is 19.7. The summed E-state index contributed by atoms with van der Waals surface area (Å²) < 4.78 is 9.93. The van der Waals surface area contributed by atoms with Gasteiger partial charge in [0.2, 0.25) is 0 Å². The van der Waals surface area contributed by atoms with E-state index in [4.69, 9.17) is 9.47 Å². The summed E-state index contributed by atoms with van der Waals surface area (Å²) in [4.78, 5) is 31.1. The van der Waals surface area contributed by atoms with E-state index >= 15 is 0 Å². The van der Waals surface area contributed by atoms with E-state index in [2.05, 4.69) is 4.99 Å². The molecule has 144 valence electrons. The fourth-order valence-electron chi connectivity index (χ4n) is 2.65. The van der Waals surface area contributed by atoms with Crippen molar-refractivity contribution in [2.24, 2.45) is 4.99 Å². The Labute approximate surface area is 167 Å². The largest absolute Gasteiger partial charge is 0.497 e. The number of amidine groups is 1. The molecule has 1 heterocycles. The summed E-state index contributed by atoms with van der Waals surface area (Å²) in [5.74, 6) is 0.250. The summed E-state index contributed by atoms with van der Waals surface area (Å²) >= 11 is 1.32. The maximum Gasteiger partial charge on any atom is 0.337 e. The molecule has 28 heavy (non-hydrogen) atoms. The second kappa shape index (κ2) is 8.75. The smallest absolute Gasteiger partial charge is 0.337 e. The van der Waals surface area contributed by atoms with Gasteiger partial charge in [0.15, 0.2) is 5.17 Å². The van der Waals surface area contributed by atoms with Crippen LogP contribution >= 0.6 is 11.8 Å². The van der Waals surface area contributed by atoms with Gasteiger partial charge < -0.3 is 9.47 Å². The van der Waals surface area contributed by atoms with Crippen LogP contribution in [-0.2, 0) is 9.53 Å². The van der Waals surface area contributed by atoms with Crippen molar-refractivity contribution >= 4 is 40.6 Å². The van der Waals surface area contributed by atoms with E-state index < -0.39 is 5.97 Å². The molecule has 2 aromatic carbocycles. The fourth-order valence-corrected chi connectivity index (χ4v) is 3.72. The predicted octanol–water partition coefficient (Wildman–Crippen LogP) is 4.11. The van der Waals surface area contributed by atoms with Crippen LogP contribution in [0.3, 0.4) is 0 Å². The van der Waals surface area contributed by atoms with E-state index in [1.807, 2.05) is 37.3 Å². The highest BCUT2D eigenvalue weighted by Crippen LogP contribution is 2.34. The monoisotopic (exact) mass is 396 g/mol. The Morgan fingerprint density at radius 3 is 2.57 bits per heavy atom. The minimum absolute atomic E-state index is 0.0831. The Bertz CT molecular complexity index is 951. The Morgan fingerprint density at radius 2 is 1.93 bits per heavy atom. The van der Waals surface area contributed by atoms with Gasteiger partial charge in [0.05, 0.1) is 30.4 Å². The minimum atomic E-state index is -0.400. The van der Waals surface area contributed by atoms with Gasteiger partial charge in [-0.2, -0.15) is 0 Å². The number of amides is 1. The third-order valence-electron chi connectivity index (χ3n) is 4.11. The molecule has 3 rings (SSSR count). The van der Waals surface area contributed by atoms with Gasteiger partial charge in [-0.05, 0) is 66.7 Å². The van der Waals surface area contributed by atoms with Gasteiger partial charge in [-0.3, -0.25) is 9.69 Å². The standard InChI is InChI=1S/C21H20N2O4S/c1-4-23-19(24)18(13-14-6-5-7-17(12-14)26-2)28-21(23)22-16-10-8-15(9-11-16)20(25)27-3/h5-13H,4H2,1-3H3/b18-13-,22-21?. The molecule has 0 atom stereocenters. The molecule has 1 amide bonds. The van der Waals surface area contributed by atoms with Crippen molar-refractivity contribution in [2.45, 2.75) is 6.92 Å². The summed E-state index contributed by atoms with van der Waals surface area (Å²) in [6.07, 6.45) is 1.83. The zero-order valence-electron chi connectivity index (χ0n) is 15.8. The molecule has 0 unspecified atom stereocenters. The van der Waals surface area contributed by atoms with Crippen LogP contribution in [0.2, 0.25) is 0 Å². The fraction of sp³-hybridized carbons (Fsp3) is 0.190. The number of hydrogen-bond donors (Lipinski definition) is 0. The number of rotatable bonds is 5. The first-order chi connectivity index (χ1) is 13.5. The summed E-state index contributed by atoms with van der Waals surface area (Å²) in [7, 11) is 2.95. The maximum atomic E-state index is 12.7. The van der Waals surface area contributed by atoms with E-state index in [0.717, 1.165) is 11.3 Å². The van der Waals surface area contributed by atoms with E-state index in [1.165, 1.54) is 18.9 Å². The lowest BCUT2D eigenvalue weighted by atomic mass is 10.2. The molecule has 1 saturated heterocycles. The van der Waals surface area contributed by atoms with Crippen LogP contribution in [0, 0.1) is 0 Å². The number of hydrogen-bond acceptors (Lipinski definition) is 6. The second-order valence-electron chi connectivity index (χ2n) is 5.87. The number of ether oxygens (including phenoxy) is 2. The van der Waals surface area contributed by atoms with Gasteiger partial charge in [-0.25, -0.2) is 9.79 Å². The maximum absolute atomic E-state index is 12.7. The van der Waals surface area contributed by atoms with Crippen molar-refractivity contribution in [2.75, 3.05) is 20.8 Å². The number of methoxy groups -OCH3 is 2. The minimum Gasteiger partial charge on any atom is -0.497 e. The van der Waals surface area contributed by atoms with Gasteiger partial charge in [-0.15, -0.1) is 0 Å². The van der Waals surface area contributed by atoms with Gasteiger partial charge >= 0.3 is 5.97 Å². The number of thioether (sulfide) groups is 1. The number of nitrogens with zero attached hydrogens (tertiary/aromatic N) is 2. The van der Waals surface area contributed by atoms with Crippen molar-refractivity contribution in [3.05, 3.63) is 64.6 Å². The van der Waals surface area contributed by atoms with Gasteiger partial charge in [0, 0.05) is 6.54 Å². The molecule has 0 aromatic heterocycles. The highest BCUT2D eigenvalue weighted by atomic mass is 32.2. The Balaban J connectivity index is 1.87. The van der Waals surface area contributed by atoms with Crippen molar-refractivity contribution in [1.82, 2.24) is 4.90 Å². The molecule has 0 aliphatic carbocycles. The van der Waals surface area contributed by atoms with Crippen molar-refractivity contribution in [3.63, 3.8) is 0 Å². The van der Waals surface area contributed by atoms with E-state index in [0.29, 0.717) is 27.9 Å².